The summed E-state index contributed by atoms with van der Waals surface area (Å²) in [4.78, 5) is -0.0309. The van der Waals surface area contributed by atoms with Crippen LogP contribution in [0.2, 0.25) is 5.02 Å². The largest absolute Gasteiger partial charge is 0.285 e. The minimum atomic E-state index is -4.05. The van der Waals surface area contributed by atoms with Crippen molar-refractivity contribution in [3.05, 3.63) is 101 Å². The zero-order valence-corrected chi connectivity index (χ0v) is 18.3. The van der Waals surface area contributed by atoms with Crippen LogP contribution in [-0.2, 0) is 10.0 Å². The van der Waals surface area contributed by atoms with Gasteiger partial charge in [0.25, 0.3) is 10.0 Å². The van der Waals surface area contributed by atoms with E-state index >= 15 is 0 Å². The first-order valence-corrected chi connectivity index (χ1v) is 11.5. The van der Waals surface area contributed by atoms with Crippen molar-refractivity contribution in [3.63, 3.8) is 0 Å². The summed E-state index contributed by atoms with van der Waals surface area (Å²) in [6.07, 6.45) is 0. The second-order valence-corrected chi connectivity index (χ2v) is 9.21. The van der Waals surface area contributed by atoms with E-state index in [1.807, 2.05) is 30.3 Å². The van der Waals surface area contributed by atoms with Gasteiger partial charge in [0.15, 0.2) is 0 Å². The predicted octanol–water partition coefficient (Wildman–Crippen LogP) is 5.27. The number of halogens is 3. The number of sulfonamides is 1. The summed E-state index contributed by atoms with van der Waals surface area (Å²) in [5.74, 6) is -0.557. The topological polar surface area (TPSA) is 62.1 Å². The molecule has 3 aromatic carbocycles. The van der Waals surface area contributed by atoms with Crippen molar-refractivity contribution >= 4 is 44.2 Å². The Balaban J connectivity index is 1.70. The summed E-state index contributed by atoms with van der Waals surface area (Å²) in [5, 5.41) is 5.98. The molecule has 1 atom stereocenters. The van der Waals surface area contributed by atoms with Crippen molar-refractivity contribution in [2.24, 2.45) is 9.50 Å². The van der Waals surface area contributed by atoms with Crippen LogP contribution >= 0.6 is 23.2 Å². The molecule has 0 saturated heterocycles. The summed E-state index contributed by atoms with van der Waals surface area (Å²) in [5.41, 5.74) is 2.32. The maximum absolute atomic E-state index is 13.4. The van der Waals surface area contributed by atoms with Gasteiger partial charge in [0.1, 0.15) is 5.82 Å². The van der Waals surface area contributed by atoms with Crippen LogP contribution in [0, 0.1) is 5.82 Å². The van der Waals surface area contributed by atoms with Crippen LogP contribution in [0.3, 0.4) is 0 Å². The number of hydrazone groups is 1. The molecule has 0 radical (unpaired) electrons. The third-order valence-electron chi connectivity index (χ3n) is 4.78. The van der Waals surface area contributed by atoms with E-state index in [1.54, 1.807) is 12.1 Å². The van der Waals surface area contributed by atoms with Gasteiger partial charge >= 0.3 is 0 Å². The molecule has 3 aromatic rings. The fourth-order valence-corrected chi connectivity index (χ4v) is 4.63. The molecule has 5 nitrogen and oxygen atoms in total. The molecule has 31 heavy (non-hydrogen) atoms. The Bertz CT molecular complexity index is 1250. The molecule has 1 heterocycles. The second kappa shape index (κ2) is 8.78. The maximum Gasteiger partial charge on any atom is 0.285 e. The lowest BCUT2D eigenvalue weighted by Gasteiger charge is -2.15. The molecule has 4 rings (SSSR count). The number of benzene rings is 3. The molecular formula is C22H16Cl2FN3O2S. The highest BCUT2D eigenvalue weighted by Gasteiger charge is 2.32. The molecule has 1 aliphatic heterocycles. The smallest absolute Gasteiger partial charge is 0.236 e. The molecule has 1 aliphatic rings. The van der Waals surface area contributed by atoms with Gasteiger partial charge in [-0.25, -0.2) is 9.40 Å². The van der Waals surface area contributed by atoms with Gasteiger partial charge in [0.05, 0.1) is 17.2 Å². The van der Waals surface area contributed by atoms with E-state index in [0.717, 1.165) is 5.56 Å². The van der Waals surface area contributed by atoms with E-state index in [1.165, 1.54) is 41.4 Å². The molecule has 158 valence electrons. The van der Waals surface area contributed by atoms with Gasteiger partial charge in [-0.15, -0.1) is 4.40 Å². The highest BCUT2D eigenvalue weighted by atomic mass is 35.5. The first kappa shape index (κ1) is 21.5. The Hall–Kier alpha value is -2.74. The van der Waals surface area contributed by atoms with E-state index < -0.39 is 10.0 Å². The molecule has 0 aromatic heterocycles. The zero-order chi connectivity index (χ0) is 22.0. The van der Waals surface area contributed by atoms with Gasteiger partial charge in [-0.1, -0.05) is 54.1 Å². The average Bonchev–Trinajstić information content (AvgIpc) is 3.21. The van der Waals surface area contributed by atoms with Crippen molar-refractivity contribution in [2.75, 3.05) is 6.54 Å². The van der Waals surface area contributed by atoms with E-state index in [0.29, 0.717) is 16.3 Å². The lowest BCUT2D eigenvalue weighted by Crippen LogP contribution is -2.23. The number of rotatable bonds is 4. The summed E-state index contributed by atoms with van der Waals surface area (Å²) in [6, 6.07) is 21.2. The Kier molecular flexibility index (Phi) is 6.09. The van der Waals surface area contributed by atoms with E-state index in [2.05, 4.69) is 9.50 Å². The number of hydrogen-bond acceptors (Lipinski definition) is 3. The standard InChI is InChI=1S/C22H16Cl2FN3O2S/c23-17-8-12-19(13-9-17)31(29,30)27-22(24)28-14-20(15-4-2-1-3-5-15)21(26-28)16-6-10-18(25)11-7-16/h1-13,20H,14H2/b27-22+. The number of hydrogen-bond donors (Lipinski definition) is 0. The third-order valence-corrected chi connectivity index (χ3v) is 6.69. The highest BCUT2D eigenvalue weighted by molar-refractivity contribution is 7.90. The van der Waals surface area contributed by atoms with Crippen LogP contribution in [0.25, 0.3) is 0 Å². The quantitative estimate of drug-likeness (QED) is 0.293. The van der Waals surface area contributed by atoms with Crippen LogP contribution in [0.5, 0.6) is 0 Å². The average molecular weight is 476 g/mol. The first-order chi connectivity index (χ1) is 14.8. The van der Waals surface area contributed by atoms with Gasteiger partial charge in [-0.2, -0.15) is 13.5 Å². The van der Waals surface area contributed by atoms with Gasteiger partial charge in [-0.3, -0.25) is 0 Å². The van der Waals surface area contributed by atoms with Crippen LogP contribution in [-0.4, -0.2) is 31.0 Å². The van der Waals surface area contributed by atoms with E-state index in [9.17, 15) is 12.8 Å². The fourth-order valence-electron chi connectivity index (χ4n) is 3.25. The SMILES string of the molecule is O=S(=O)(/N=C(\Cl)N1CC(c2ccccc2)C(c2ccc(F)cc2)=N1)c1ccc(Cl)cc1. The lowest BCUT2D eigenvalue weighted by molar-refractivity contribution is 0.483. The predicted molar refractivity (Wildman–Crippen MR) is 121 cm³/mol. The monoisotopic (exact) mass is 475 g/mol. The lowest BCUT2D eigenvalue weighted by atomic mass is 9.91. The van der Waals surface area contributed by atoms with Crippen molar-refractivity contribution < 1.29 is 12.8 Å². The maximum atomic E-state index is 13.4. The molecule has 1 unspecified atom stereocenters. The Morgan fingerprint density at radius 1 is 1.00 bits per heavy atom. The van der Waals surface area contributed by atoms with Crippen LogP contribution < -0.4 is 0 Å². The van der Waals surface area contributed by atoms with Crippen molar-refractivity contribution in [1.29, 1.82) is 0 Å². The van der Waals surface area contributed by atoms with Gasteiger partial charge in [0, 0.05) is 10.9 Å². The fraction of sp³-hybridized carbons (Fsp3) is 0.0909. The summed E-state index contributed by atoms with van der Waals surface area (Å²) in [6.45, 7) is 0.287. The first-order valence-electron chi connectivity index (χ1n) is 9.26. The highest BCUT2D eigenvalue weighted by Crippen LogP contribution is 2.30. The molecule has 0 bridgehead atoms. The zero-order valence-electron chi connectivity index (χ0n) is 16.0. The van der Waals surface area contributed by atoms with E-state index in [4.69, 9.17) is 23.2 Å². The molecule has 0 aliphatic carbocycles. The molecule has 0 spiro atoms. The molecule has 0 fully saturated rings. The van der Waals surface area contributed by atoms with Gasteiger partial charge < -0.3 is 0 Å². The third kappa shape index (κ3) is 4.79. The van der Waals surface area contributed by atoms with Crippen molar-refractivity contribution in [2.45, 2.75) is 10.8 Å². The van der Waals surface area contributed by atoms with Gasteiger partial charge in [-0.05, 0) is 59.1 Å². The molecule has 9 heteroatoms. The number of amidine groups is 1. The Morgan fingerprint density at radius 2 is 1.65 bits per heavy atom. The molecule has 0 saturated carbocycles. The normalized spacial score (nSPS) is 17.0. The summed E-state index contributed by atoms with van der Waals surface area (Å²) < 4.78 is 42.4. The second-order valence-electron chi connectivity index (χ2n) is 6.83. The molecule has 0 amide bonds. The van der Waals surface area contributed by atoms with Crippen LogP contribution in [0.4, 0.5) is 4.39 Å². The van der Waals surface area contributed by atoms with E-state index in [-0.39, 0.29) is 28.5 Å². The number of nitrogens with zero attached hydrogens (tertiary/aromatic N) is 3. The van der Waals surface area contributed by atoms with Crippen molar-refractivity contribution in [3.8, 4) is 0 Å². The Morgan fingerprint density at radius 3 is 2.29 bits per heavy atom. The van der Waals surface area contributed by atoms with Crippen molar-refractivity contribution in [1.82, 2.24) is 5.01 Å². The van der Waals surface area contributed by atoms with Crippen LogP contribution in [0.15, 0.2) is 93.3 Å². The minimum Gasteiger partial charge on any atom is -0.236 e. The summed E-state index contributed by atoms with van der Waals surface area (Å²) in [7, 11) is -4.05. The van der Waals surface area contributed by atoms with Gasteiger partial charge in [0.2, 0.25) is 5.29 Å². The molecular weight excluding hydrogens is 460 g/mol. The molecule has 0 N–H and O–H groups in total. The minimum absolute atomic E-state index is 0.0309. The summed E-state index contributed by atoms with van der Waals surface area (Å²) >= 11 is 12.1. The Labute approximate surface area is 189 Å². The van der Waals surface area contributed by atoms with Crippen LogP contribution in [0.1, 0.15) is 17.0 Å².